The van der Waals surface area contributed by atoms with Gasteiger partial charge < -0.3 is 14.8 Å². The Balaban J connectivity index is 2.12. The van der Waals surface area contributed by atoms with E-state index in [4.69, 9.17) is 9.47 Å². The summed E-state index contributed by atoms with van der Waals surface area (Å²) >= 11 is 0. The fourth-order valence-corrected chi connectivity index (χ4v) is 3.52. The van der Waals surface area contributed by atoms with E-state index in [0.717, 1.165) is 0 Å². The molecule has 1 atom stereocenters. The molecule has 0 aromatic heterocycles. The average molecular weight is 342 g/mol. The molecule has 0 radical (unpaired) electrons. The van der Waals surface area contributed by atoms with Gasteiger partial charge in [0.2, 0.25) is 15.9 Å². The highest BCUT2D eigenvalue weighted by Crippen LogP contribution is 2.30. The van der Waals surface area contributed by atoms with Gasteiger partial charge in [0.1, 0.15) is 11.5 Å². The molecule has 8 heteroatoms. The smallest absolute Gasteiger partial charge is 0.228 e. The summed E-state index contributed by atoms with van der Waals surface area (Å²) in [4.78, 5) is 12.5. The van der Waals surface area contributed by atoms with Crippen molar-refractivity contribution in [2.24, 2.45) is 5.92 Å². The van der Waals surface area contributed by atoms with Crippen molar-refractivity contribution in [3.8, 4) is 11.5 Å². The highest BCUT2D eigenvalue weighted by atomic mass is 32.2. The largest absolute Gasteiger partial charge is 0.497 e. The second-order valence-electron chi connectivity index (χ2n) is 5.52. The number of benzene rings is 1. The Kier molecular flexibility index (Phi) is 5.48. The number of sulfonamides is 1. The Morgan fingerprint density at radius 1 is 1.30 bits per heavy atom. The Morgan fingerprint density at radius 2 is 2.04 bits per heavy atom. The molecular formula is C15H22N2O5S. The number of carbonyl (C=O) groups excluding carboxylic acids is 1. The van der Waals surface area contributed by atoms with Crippen LogP contribution in [0.4, 0.5) is 5.69 Å². The Morgan fingerprint density at radius 3 is 2.65 bits per heavy atom. The molecule has 0 spiro atoms. The van der Waals surface area contributed by atoms with Gasteiger partial charge in [0.05, 0.1) is 32.1 Å². The molecule has 7 nitrogen and oxygen atoms in total. The summed E-state index contributed by atoms with van der Waals surface area (Å²) < 4.78 is 35.0. The van der Waals surface area contributed by atoms with Crippen LogP contribution in [0.3, 0.4) is 0 Å². The number of nitrogens with one attached hydrogen (secondary N) is 1. The van der Waals surface area contributed by atoms with E-state index in [0.29, 0.717) is 36.6 Å². The molecule has 1 aliphatic heterocycles. The van der Waals surface area contributed by atoms with Crippen molar-refractivity contribution in [1.82, 2.24) is 4.31 Å². The molecule has 0 saturated carbocycles. The van der Waals surface area contributed by atoms with Gasteiger partial charge in [-0.2, -0.15) is 0 Å². The molecule has 2 rings (SSSR count). The molecule has 1 saturated heterocycles. The molecule has 23 heavy (non-hydrogen) atoms. The fraction of sp³-hybridized carbons (Fsp3) is 0.533. The summed E-state index contributed by atoms with van der Waals surface area (Å²) in [6.07, 6.45) is 2.49. The quantitative estimate of drug-likeness (QED) is 0.872. The molecule has 1 aliphatic rings. The van der Waals surface area contributed by atoms with Crippen molar-refractivity contribution >= 4 is 21.6 Å². The van der Waals surface area contributed by atoms with Crippen molar-refractivity contribution in [2.75, 3.05) is 38.9 Å². The number of nitrogens with zero attached hydrogens (tertiary/aromatic N) is 1. The Hall–Kier alpha value is -1.80. The highest BCUT2D eigenvalue weighted by Gasteiger charge is 2.30. The zero-order valence-corrected chi connectivity index (χ0v) is 14.4. The van der Waals surface area contributed by atoms with Gasteiger partial charge in [-0.15, -0.1) is 0 Å². The first-order valence-corrected chi connectivity index (χ1v) is 9.18. The number of rotatable bonds is 5. The van der Waals surface area contributed by atoms with Crippen LogP contribution in [0.5, 0.6) is 11.5 Å². The fourth-order valence-electron chi connectivity index (χ4n) is 2.60. The normalized spacial score (nSPS) is 19.2. The van der Waals surface area contributed by atoms with Gasteiger partial charge in [-0.05, 0) is 25.0 Å². The van der Waals surface area contributed by atoms with Gasteiger partial charge in [-0.25, -0.2) is 12.7 Å². The van der Waals surface area contributed by atoms with E-state index in [9.17, 15) is 13.2 Å². The maximum atomic E-state index is 12.5. The summed E-state index contributed by atoms with van der Waals surface area (Å²) in [5.41, 5.74) is 0.508. The number of piperidine rings is 1. The van der Waals surface area contributed by atoms with Crippen LogP contribution >= 0.6 is 0 Å². The first kappa shape index (κ1) is 17.6. The number of carbonyl (C=O) groups is 1. The van der Waals surface area contributed by atoms with E-state index in [1.165, 1.54) is 17.7 Å². The summed E-state index contributed by atoms with van der Waals surface area (Å²) in [5.74, 6) is 0.525. The number of amides is 1. The average Bonchev–Trinajstić information content (AvgIpc) is 2.54. The SMILES string of the molecule is COc1ccc(OC)c(NC(=O)[C@H]2CCCN(S(C)(=O)=O)C2)c1. The topological polar surface area (TPSA) is 84.9 Å². The molecule has 1 heterocycles. The third kappa shape index (κ3) is 4.35. The Labute approximate surface area is 136 Å². The lowest BCUT2D eigenvalue weighted by Crippen LogP contribution is -2.43. The zero-order valence-electron chi connectivity index (χ0n) is 13.5. The molecule has 1 aromatic rings. The zero-order chi connectivity index (χ0) is 17.0. The van der Waals surface area contributed by atoms with E-state index < -0.39 is 10.0 Å². The number of ether oxygens (including phenoxy) is 2. The third-order valence-corrected chi connectivity index (χ3v) is 5.16. The van der Waals surface area contributed by atoms with Gasteiger partial charge in [0.25, 0.3) is 0 Å². The van der Waals surface area contributed by atoms with Gasteiger partial charge in [0.15, 0.2) is 0 Å². The molecule has 1 aromatic carbocycles. The van der Waals surface area contributed by atoms with Gasteiger partial charge in [-0.3, -0.25) is 4.79 Å². The van der Waals surface area contributed by atoms with Crippen LogP contribution in [0.1, 0.15) is 12.8 Å². The summed E-state index contributed by atoms with van der Waals surface area (Å²) in [6, 6.07) is 5.12. The van der Waals surface area contributed by atoms with Crippen molar-refractivity contribution in [3.63, 3.8) is 0 Å². The van der Waals surface area contributed by atoms with E-state index in [2.05, 4.69) is 5.32 Å². The predicted molar refractivity (Wildman–Crippen MR) is 87.3 cm³/mol. The Bertz CT molecular complexity index is 674. The first-order valence-electron chi connectivity index (χ1n) is 7.33. The number of hydrogen-bond acceptors (Lipinski definition) is 5. The van der Waals surface area contributed by atoms with Crippen molar-refractivity contribution < 1.29 is 22.7 Å². The van der Waals surface area contributed by atoms with Crippen molar-refractivity contribution in [1.29, 1.82) is 0 Å². The van der Waals surface area contributed by atoms with Crippen LogP contribution in [0.15, 0.2) is 18.2 Å². The van der Waals surface area contributed by atoms with Gasteiger partial charge >= 0.3 is 0 Å². The minimum atomic E-state index is -3.28. The van der Waals surface area contributed by atoms with Crippen LogP contribution in [-0.2, 0) is 14.8 Å². The molecule has 1 N–H and O–H groups in total. The lowest BCUT2D eigenvalue weighted by molar-refractivity contribution is -0.120. The number of hydrogen-bond donors (Lipinski definition) is 1. The summed E-state index contributed by atoms with van der Waals surface area (Å²) in [5, 5.41) is 2.81. The molecule has 0 bridgehead atoms. The lowest BCUT2D eigenvalue weighted by Gasteiger charge is -2.30. The summed E-state index contributed by atoms with van der Waals surface area (Å²) in [6.45, 7) is 0.669. The maximum Gasteiger partial charge on any atom is 0.228 e. The van der Waals surface area contributed by atoms with E-state index in [1.54, 1.807) is 25.3 Å². The van der Waals surface area contributed by atoms with Crippen molar-refractivity contribution in [2.45, 2.75) is 12.8 Å². The molecule has 128 valence electrons. The van der Waals surface area contributed by atoms with E-state index in [1.807, 2.05) is 0 Å². The monoisotopic (exact) mass is 342 g/mol. The molecule has 0 unspecified atom stereocenters. The van der Waals surface area contributed by atoms with E-state index >= 15 is 0 Å². The van der Waals surface area contributed by atoms with Crippen LogP contribution in [-0.4, -0.2) is 52.2 Å². The molecular weight excluding hydrogens is 320 g/mol. The summed E-state index contributed by atoms with van der Waals surface area (Å²) in [7, 11) is -0.222. The minimum absolute atomic E-state index is 0.205. The van der Waals surface area contributed by atoms with Crippen LogP contribution < -0.4 is 14.8 Å². The maximum absolute atomic E-state index is 12.5. The predicted octanol–water partition coefficient (Wildman–Crippen LogP) is 1.31. The van der Waals surface area contributed by atoms with E-state index in [-0.39, 0.29) is 18.4 Å². The molecule has 1 fully saturated rings. The standard InChI is InChI=1S/C15H22N2O5S/c1-21-12-6-7-14(22-2)13(9-12)16-15(18)11-5-4-8-17(10-11)23(3,19)20/h6-7,9,11H,4-5,8,10H2,1-3H3,(H,16,18)/t11-/m0/s1. The molecule has 0 aliphatic carbocycles. The van der Waals surface area contributed by atoms with Crippen molar-refractivity contribution in [3.05, 3.63) is 18.2 Å². The highest BCUT2D eigenvalue weighted by molar-refractivity contribution is 7.88. The van der Waals surface area contributed by atoms with Gasteiger partial charge in [-0.1, -0.05) is 0 Å². The second kappa shape index (κ2) is 7.18. The van der Waals surface area contributed by atoms with Crippen LogP contribution in [0.2, 0.25) is 0 Å². The molecule has 1 amide bonds. The lowest BCUT2D eigenvalue weighted by atomic mass is 9.98. The van der Waals surface area contributed by atoms with Crippen LogP contribution in [0, 0.1) is 5.92 Å². The second-order valence-corrected chi connectivity index (χ2v) is 7.50. The van der Waals surface area contributed by atoms with Crippen LogP contribution in [0.25, 0.3) is 0 Å². The third-order valence-electron chi connectivity index (χ3n) is 3.89. The minimum Gasteiger partial charge on any atom is -0.497 e. The number of methoxy groups -OCH3 is 2. The van der Waals surface area contributed by atoms with Gasteiger partial charge in [0, 0.05) is 19.2 Å². The first-order chi connectivity index (χ1) is 10.8. The number of anilines is 1.